The van der Waals surface area contributed by atoms with Crippen LogP contribution in [0.4, 0.5) is 0 Å². The number of nitrogens with zero attached hydrogens (tertiary/aromatic N) is 1. The Morgan fingerprint density at radius 2 is 1.91 bits per heavy atom. The molecular weight excluding hydrogens is 517 g/mol. The van der Waals surface area contributed by atoms with E-state index in [1.165, 1.54) is 6.07 Å². The summed E-state index contributed by atoms with van der Waals surface area (Å²) in [6.45, 7) is 4.16. The van der Waals surface area contributed by atoms with Crippen LogP contribution in [0.1, 0.15) is 23.5 Å². The Balaban J connectivity index is 1.73. The van der Waals surface area contributed by atoms with Gasteiger partial charge >= 0.3 is 0 Å². The summed E-state index contributed by atoms with van der Waals surface area (Å²) in [7, 11) is 0. The van der Waals surface area contributed by atoms with Gasteiger partial charge < -0.3 is 9.84 Å². The highest BCUT2D eigenvalue weighted by Crippen LogP contribution is 2.60. The van der Waals surface area contributed by atoms with E-state index in [1.807, 2.05) is 30.3 Å². The minimum atomic E-state index is -1.82. The van der Waals surface area contributed by atoms with Crippen LogP contribution in [0, 0.1) is 0 Å². The molecule has 1 heterocycles. The second-order valence-corrected chi connectivity index (χ2v) is 9.45. The number of phenols is 1. The molecule has 166 valence electrons. The Hall–Kier alpha value is -2.28. The van der Waals surface area contributed by atoms with Gasteiger partial charge in [-0.05, 0) is 23.6 Å². The molecule has 0 radical (unpaired) electrons. The average Bonchev–Trinajstić information content (AvgIpc) is 2.95. The number of hydrogen-bond acceptors (Lipinski definition) is 4. The van der Waals surface area contributed by atoms with E-state index in [0.29, 0.717) is 23.5 Å². The van der Waals surface area contributed by atoms with Gasteiger partial charge in [-0.25, -0.2) is 0 Å². The molecule has 2 aromatic carbocycles. The number of benzene rings is 2. The summed E-state index contributed by atoms with van der Waals surface area (Å²) in [4.78, 5) is 23.8. The number of amides is 2. The van der Waals surface area contributed by atoms with Gasteiger partial charge in [-0.15, -0.1) is 23.2 Å². The van der Waals surface area contributed by atoms with Crippen molar-refractivity contribution in [2.24, 2.45) is 0 Å². The summed E-state index contributed by atoms with van der Waals surface area (Å²) in [5.41, 5.74) is 1.93. The molecular formula is C24H20BrCl2NO4. The smallest absolute Gasteiger partial charge is 0.254 e. The largest absolute Gasteiger partial charge is 0.508 e. The summed E-state index contributed by atoms with van der Waals surface area (Å²) in [5, 5.41) is 10.9. The van der Waals surface area contributed by atoms with Gasteiger partial charge in [0.1, 0.15) is 18.1 Å². The Kier molecular flexibility index (Phi) is 6.14. The molecule has 3 unspecified atom stereocenters. The zero-order chi connectivity index (χ0) is 23.1. The van der Waals surface area contributed by atoms with Crippen LogP contribution in [-0.2, 0) is 16.2 Å². The standard InChI is InChI=1S/C24H20BrCl2NO4/c1-2-16-10-11-23(26)21(30)28(14-25)22(31)24(23,27)20(16)18-9-8-17(12-19(18)29)32-13-15-6-4-3-5-7-15/h2-10,12,20,29H,1,11,13-14H2. The van der Waals surface area contributed by atoms with E-state index >= 15 is 0 Å². The third kappa shape index (κ3) is 3.36. The molecule has 5 nitrogen and oxygen atoms in total. The van der Waals surface area contributed by atoms with Crippen molar-refractivity contribution in [3.05, 3.63) is 84.0 Å². The third-order valence-corrected chi connectivity index (χ3v) is 7.90. The molecule has 2 aromatic rings. The zero-order valence-electron chi connectivity index (χ0n) is 16.9. The number of allylic oxidation sites excluding steroid dienone is 3. The van der Waals surface area contributed by atoms with Gasteiger partial charge in [-0.1, -0.05) is 71.1 Å². The van der Waals surface area contributed by atoms with Gasteiger partial charge in [-0.3, -0.25) is 14.5 Å². The lowest BCUT2D eigenvalue weighted by Crippen LogP contribution is -2.54. The fourth-order valence-electron chi connectivity index (χ4n) is 4.32. The van der Waals surface area contributed by atoms with E-state index in [2.05, 4.69) is 22.5 Å². The minimum Gasteiger partial charge on any atom is -0.508 e. The molecule has 3 atom stereocenters. The summed E-state index contributed by atoms with van der Waals surface area (Å²) in [5.74, 6) is -1.73. The van der Waals surface area contributed by atoms with Crippen LogP contribution in [-0.4, -0.2) is 37.0 Å². The number of phenolic OH excluding ortho intramolecular Hbond substituents is 1. The maximum atomic E-state index is 13.3. The van der Waals surface area contributed by atoms with Gasteiger partial charge in [0.05, 0.1) is 5.45 Å². The monoisotopic (exact) mass is 535 g/mol. The average molecular weight is 537 g/mol. The van der Waals surface area contributed by atoms with E-state index in [1.54, 1.807) is 24.3 Å². The minimum absolute atomic E-state index is 0.0258. The maximum absolute atomic E-state index is 13.3. The number of carbonyl (C=O) groups excluding carboxylic acids is 2. The summed E-state index contributed by atoms with van der Waals surface area (Å²) in [6.07, 6.45) is 3.38. The fourth-order valence-corrected chi connectivity index (χ4v) is 5.65. The maximum Gasteiger partial charge on any atom is 0.254 e. The topological polar surface area (TPSA) is 66.8 Å². The molecule has 1 aliphatic carbocycles. The number of fused-ring (bicyclic) bond motifs is 1. The van der Waals surface area contributed by atoms with Crippen LogP contribution < -0.4 is 4.74 Å². The van der Waals surface area contributed by atoms with Crippen LogP contribution >= 0.6 is 39.1 Å². The second-order valence-electron chi connectivity index (χ2n) is 7.71. The van der Waals surface area contributed by atoms with Crippen molar-refractivity contribution in [2.75, 3.05) is 5.45 Å². The van der Waals surface area contributed by atoms with Crippen LogP contribution in [0.3, 0.4) is 0 Å². The molecule has 2 amide bonds. The number of carbonyl (C=O) groups is 2. The van der Waals surface area contributed by atoms with E-state index in [0.717, 1.165) is 10.5 Å². The Morgan fingerprint density at radius 1 is 1.19 bits per heavy atom. The first-order valence-corrected chi connectivity index (χ1v) is 11.8. The summed E-state index contributed by atoms with van der Waals surface area (Å²) >= 11 is 16.9. The van der Waals surface area contributed by atoms with Crippen molar-refractivity contribution >= 4 is 50.9 Å². The molecule has 0 spiro atoms. The first-order valence-electron chi connectivity index (χ1n) is 9.90. The molecule has 2 aliphatic rings. The molecule has 1 saturated heterocycles. The van der Waals surface area contributed by atoms with Gasteiger partial charge in [0.2, 0.25) is 0 Å². The normalized spacial score (nSPS) is 27.2. The Morgan fingerprint density at radius 3 is 2.53 bits per heavy atom. The van der Waals surface area contributed by atoms with E-state index in [9.17, 15) is 14.7 Å². The lowest BCUT2D eigenvalue weighted by Gasteiger charge is -2.42. The van der Waals surface area contributed by atoms with Crippen LogP contribution in [0.5, 0.6) is 11.5 Å². The second kappa shape index (κ2) is 8.58. The number of halogens is 3. The number of likely N-dealkylation sites (tertiary alicyclic amines) is 1. The molecule has 8 heteroatoms. The van der Waals surface area contributed by atoms with Crippen molar-refractivity contribution in [3.8, 4) is 11.5 Å². The highest BCUT2D eigenvalue weighted by molar-refractivity contribution is 9.09. The SMILES string of the molecule is C=CC1=CCC2(Cl)C(=O)N(CBr)C(=O)C2(Cl)C1c1ccc(OCc2ccccc2)cc1O. The molecule has 1 fully saturated rings. The number of ether oxygens (including phenoxy) is 1. The molecule has 0 aromatic heterocycles. The van der Waals surface area contributed by atoms with Crippen LogP contribution in [0.25, 0.3) is 0 Å². The first kappa shape index (κ1) is 22.9. The molecule has 0 bridgehead atoms. The quantitative estimate of drug-likeness (QED) is 0.311. The third-order valence-electron chi connectivity index (χ3n) is 5.98. The van der Waals surface area contributed by atoms with Crippen molar-refractivity contribution in [2.45, 2.75) is 28.7 Å². The van der Waals surface area contributed by atoms with Crippen LogP contribution in [0.15, 0.2) is 72.8 Å². The van der Waals surface area contributed by atoms with Crippen molar-refractivity contribution in [1.29, 1.82) is 0 Å². The lowest BCUT2D eigenvalue weighted by molar-refractivity contribution is -0.138. The Bertz CT molecular complexity index is 1120. The molecule has 1 aliphatic heterocycles. The van der Waals surface area contributed by atoms with Crippen molar-refractivity contribution in [3.63, 3.8) is 0 Å². The predicted molar refractivity (Wildman–Crippen MR) is 127 cm³/mol. The zero-order valence-corrected chi connectivity index (χ0v) is 20.0. The predicted octanol–water partition coefficient (Wildman–Crippen LogP) is 5.25. The molecule has 0 saturated carbocycles. The van der Waals surface area contributed by atoms with E-state index in [-0.39, 0.29) is 17.6 Å². The van der Waals surface area contributed by atoms with Gasteiger partial charge in [0.15, 0.2) is 9.75 Å². The number of rotatable bonds is 6. The van der Waals surface area contributed by atoms with Gasteiger partial charge in [-0.2, -0.15) is 0 Å². The van der Waals surface area contributed by atoms with Crippen molar-refractivity contribution in [1.82, 2.24) is 4.90 Å². The van der Waals surface area contributed by atoms with Crippen LogP contribution in [0.2, 0.25) is 0 Å². The fraction of sp³-hybridized carbons (Fsp3) is 0.250. The van der Waals surface area contributed by atoms with Gasteiger partial charge in [0.25, 0.3) is 11.8 Å². The number of alkyl halides is 3. The number of aromatic hydroxyl groups is 1. The number of imide groups is 1. The Labute approximate surface area is 204 Å². The molecule has 1 N–H and O–H groups in total. The highest BCUT2D eigenvalue weighted by atomic mass is 79.9. The van der Waals surface area contributed by atoms with Crippen molar-refractivity contribution < 1.29 is 19.4 Å². The van der Waals surface area contributed by atoms with E-state index in [4.69, 9.17) is 27.9 Å². The molecule has 32 heavy (non-hydrogen) atoms. The summed E-state index contributed by atoms with van der Waals surface area (Å²) < 4.78 is 5.78. The van der Waals surface area contributed by atoms with Gasteiger partial charge in [0, 0.05) is 17.5 Å². The number of hydrogen-bond donors (Lipinski definition) is 1. The lowest BCUT2D eigenvalue weighted by atomic mass is 9.68. The van der Waals surface area contributed by atoms with E-state index < -0.39 is 27.5 Å². The highest BCUT2D eigenvalue weighted by Gasteiger charge is 2.72. The molecule has 4 rings (SSSR count). The summed E-state index contributed by atoms with van der Waals surface area (Å²) in [6, 6.07) is 14.4. The first-order chi connectivity index (χ1) is 15.3.